The minimum atomic E-state index is -0.818. The van der Waals surface area contributed by atoms with Crippen molar-refractivity contribution in [1.82, 2.24) is 19.7 Å². The molecule has 1 aromatic carbocycles. The number of rotatable bonds is 4. The highest BCUT2D eigenvalue weighted by Gasteiger charge is 2.30. The van der Waals surface area contributed by atoms with Crippen LogP contribution >= 0.6 is 23.2 Å². The molecule has 1 aromatic heterocycles. The van der Waals surface area contributed by atoms with E-state index < -0.39 is 11.9 Å². The van der Waals surface area contributed by atoms with Crippen LogP contribution in [0.15, 0.2) is 18.2 Å². The zero-order chi connectivity index (χ0) is 18.8. The average Bonchev–Trinajstić information content (AvgIpc) is 3.05. The quantitative estimate of drug-likeness (QED) is 0.857. The lowest BCUT2D eigenvalue weighted by molar-refractivity contribution is -0.143. The summed E-state index contributed by atoms with van der Waals surface area (Å²) in [6, 6.07) is 5.12. The third kappa shape index (κ3) is 3.54. The number of para-hydroxylation sites is 1. The maximum Gasteiger partial charge on any atom is 0.306 e. The molecule has 1 saturated heterocycles. The molecule has 1 fully saturated rings. The molecule has 0 bridgehead atoms. The van der Waals surface area contributed by atoms with Crippen molar-refractivity contribution in [3.8, 4) is 5.69 Å². The van der Waals surface area contributed by atoms with Crippen LogP contribution in [-0.4, -0.2) is 49.7 Å². The SMILES string of the molecule is CCc1nc(C(=O)N2CCC(C(=O)O)CC2)nn1-c1c(Cl)cccc1Cl. The molecule has 0 radical (unpaired) electrons. The number of aryl methyl sites for hydroxylation is 1. The zero-order valence-corrected chi connectivity index (χ0v) is 15.7. The molecule has 7 nitrogen and oxygen atoms in total. The molecule has 1 amide bonds. The van der Waals surface area contributed by atoms with Gasteiger partial charge in [0.2, 0.25) is 5.82 Å². The third-order valence-electron chi connectivity index (χ3n) is 4.46. The van der Waals surface area contributed by atoms with Crippen molar-refractivity contribution in [3.63, 3.8) is 0 Å². The first-order valence-electron chi connectivity index (χ1n) is 8.34. The minimum Gasteiger partial charge on any atom is -0.481 e. The van der Waals surface area contributed by atoms with E-state index in [0.29, 0.717) is 53.9 Å². The molecule has 1 aliphatic rings. The molecule has 0 spiro atoms. The van der Waals surface area contributed by atoms with E-state index in [9.17, 15) is 9.59 Å². The topological polar surface area (TPSA) is 88.3 Å². The Morgan fingerprint density at radius 1 is 1.23 bits per heavy atom. The molecular weight excluding hydrogens is 379 g/mol. The van der Waals surface area contributed by atoms with Crippen molar-refractivity contribution in [1.29, 1.82) is 0 Å². The molecule has 2 heterocycles. The minimum absolute atomic E-state index is 0.0617. The van der Waals surface area contributed by atoms with Crippen molar-refractivity contribution in [2.45, 2.75) is 26.2 Å². The van der Waals surface area contributed by atoms with Crippen molar-refractivity contribution < 1.29 is 14.7 Å². The van der Waals surface area contributed by atoms with Crippen LogP contribution in [0, 0.1) is 5.92 Å². The number of piperidine rings is 1. The van der Waals surface area contributed by atoms with Crippen LogP contribution < -0.4 is 0 Å². The van der Waals surface area contributed by atoms with E-state index in [1.165, 1.54) is 4.68 Å². The molecular formula is C17H18Cl2N4O3. The van der Waals surface area contributed by atoms with Crippen LogP contribution in [0.5, 0.6) is 0 Å². The summed E-state index contributed by atoms with van der Waals surface area (Å²) in [6.07, 6.45) is 1.40. The summed E-state index contributed by atoms with van der Waals surface area (Å²) in [4.78, 5) is 29.7. The number of likely N-dealkylation sites (tertiary alicyclic amines) is 1. The Morgan fingerprint density at radius 3 is 2.38 bits per heavy atom. The van der Waals surface area contributed by atoms with Gasteiger partial charge in [-0.05, 0) is 25.0 Å². The molecule has 0 saturated carbocycles. The fourth-order valence-corrected chi connectivity index (χ4v) is 3.56. The number of aliphatic carboxylic acids is 1. The number of carbonyl (C=O) groups excluding carboxylic acids is 1. The number of benzene rings is 1. The first-order chi connectivity index (χ1) is 12.4. The first kappa shape index (κ1) is 18.7. The Hall–Kier alpha value is -2.12. The summed E-state index contributed by atoms with van der Waals surface area (Å²) in [5, 5.41) is 14.2. The van der Waals surface area contributed by atoms with Gasteiger partial charge in [0.25, 0.3) is 5.91 Å². The Labute approximate surface area is 160 Å². The number of halogens is 2. The van der Waals surface area contributed by atoms with Crippen LogP contribution in [0.3, 0.4) is 0 Å². The van der Waals surface area contributed by atoms with Gasteiger partial charge >= 0.3 is 5.97 Å². The standard InChI is InChI=1S/C17H18Cl2N4O3/c1-2-13-20-15(16(24)22-8-6-10(7-9-22)17(25)26)21-23(13)14-11(18)4-3-5-12(14)19/h3-5,10H,2,6-9H2,1H3,(H,25,26). The maximum atomic E-state index is 12.7. The Kier molecular flexibility index (Phi) is 5.48. The van der Waals surface area contributed by atoms with E-state index in [1.807, 2.05) is 6.92 Å². The van der Waals surface area contributed by atoms with Gasteiger partial charge in [0, 0.05) is 19.5 Å². The molecule has 0 atom stereocenters. The highest BCUT2D eigenvalue weighted by atomic mass is 35.5. The second-order valence-electron chi connectivity index (χ2n) is 6.09. The van der Waals surface area contributed by atoms with E-state index in [0.717, 1.165) is 0 Å². The number of carboxylic acid groups (broad SMARTS) is 1. The number of hydrogen-bond acceptors (Lipinski definition) is 4. The largest absolute Gasteiger partial charge is 0.481 e. The van der Waals surface area contributed by atoms with Crippen molar-refractivity contribution in [2.75, 3.05) is 13.1 Å². The summed E-state index contributed by atoms with van der Waals surface area (Å²) in [6.45, 7) is 2.65. The van der Waals surface area contributed by atoms with Gasteiger partial charge in [-0.3, -0.25) is 9.59 Å². The summed E-state index contributed by atoms with van der Waals surface area (Å²) in [7, 11) is 0. The zero-order valence-electron chi connectivity index (χ0n) is 14.2. The highest BCUT2D eigenvalue weighted by Crippen LogP contribution is 2.29. The maximum absolute atomic E-state index is 12.7. The lowest BCUT2D eigenvalue weighted by Gasteiger charge is -2.29. The molecule has 3 rings (SSSR count). The number of carboxylic acids is 1. The normalized spacial score (nSPS) is 15.3. The molecule has 138 valence electrons. The van der Waals surface area contributed by atoms with Gasteiger partial charge in [-0.15, -0.1) is 5.10 Å². The van der Waals surface area contributed by atoms with E-state index in [2.05, 4.69) is 10.1 Å². The second kappa shape index (κ2) is 7.63. The van der Waals surface area contributed by atoms with Gasteiger partial charge < -0.3 is 10.0 Å². The van der Waals surface area contributed by atoms with E-state index in [4.69, 9.17) is 28.3 Å². The fourth-order valence-electron chi connectivity index (χ4n) is 3.01. The van der Waals surface area contributed by atoms with Crippen molar-refractivity contribution >= 4 is 35.1 Å². The number of aromatic nitrogens is 3. The predicted octanol–water partition coefficient (Wildman–Crippen LogP) is 3.07. The highest BCUT2D eigenvalue weighted by molar-refractivity contribution is 6.37. The molecule has 0 unspecified atom stereocenters. The van der Waals surface area contributed by atoms with Crippen molar-refractivity contribution in [3.05, 3.63) is 39.9 Å². The third-order valence-corrected chi connectivity index (χ3v) is 5.07. The van der Waals surface area contributed by atoms with Crippen molar-refractivity contribution in [2.24, 2.45) is 5.92 Å². The molecule has 26 heavy (non-hydrogen) atoms. The summed E-state index contributed by atoms with van der Waals surface area (Å²) < 4.78 is 1.50. The summed E-state index contributed by atoms with van der Waals surface area (Å²) in [5.41, 5.74) is 0.490. The lowest BCUT2D eigenvalue weighted by atomic mass is 9.97. The molecule has 0 aliphatic carbocycles. The lowest BCUT2D eigenvalue weighted by Crippen LogP contribution is -2.40. The van der Waals surface area contributed by atoms with Crippen LogP contribution in [0.1, 0.15) is 36.2 Å². The Balaban J connectivity index is 1.87. The van der Waals surface area contributed by atoms with E-state index >= 15 is 0 Å². The van der Waals surface area contributed by atoms with E-state index in [1.54, 1.807) is 23.1 Å². The second-order valence-corrected chi connectivity index (χ2v) is 6.91. The summed E-state index contributed by atoms with van der Waals surface area (Å²) in [5.74, 6) is -0.903. The van der Waals surface area contributed by atoms with Gasteiger partial charge in [-0.25, -0.2) is 9.67 Å². The van der Waals surface area contributed by atoms with Gasteiger partial charge in [0.15, 0.2) is 0 Å². The van der Waals surface area contributed by atoms with Crippen LogP contribution in [0.25, 0.3) is 5.69 Å². The number of amides is 1. The first-order valence-corrected chi connectivity index (χ1v) is 9.10. The Morgan fingerprint density at radius 2 is 1.85 bits per heavy atom. The van der Waals surface area contributed by atoms with Gasteiger partial charge in [0.05, 0.1) is 16.0 Å². The van der Waals surface area contributed by atoms with E-state index in [-0.39, 0.29) is 11.7 Å². The molecule has 2 aromatic rings. The Bertz CT molecular complexity index is 824. The van der Waals surface area contributed by atoms with Gasteiger partial charge in [-0.1, -0.05) is 36.2 Å². The van der Waals surface area contributed by atoms with Gasteiger partial charge in [-0.2, -0.15) is 0 Å². The van der Waals surface area contributed by atoms with Crippen LogP contribution in [-0.2, 0) is 11.2 Å². The molecule has 1 aliphatic heterocycles. The smallest absolute Gasteiger partial charge is 0.306 e. The monoisotopic (exact) mass is 396 g/mol. The van der Waals surface area contributed by atoms with Crippen LogP contribution in [0.2, 0.25) is 10.0 Å². The average molecular weight is 397 g/mol. The number of carbonyl (C=O) groups is 2. The number of hydrogen-bond donors (Lipinski definition) is 1. The fraction of sp³-hybridized carbons (Fsp3) is 0.412. The predicted molar refractivity (Wildman–Crippen MR) is 97.0 cm³/mol. The van der Waals surface area contributed by atoms with Crippen LogP contribution in [0.4, 0.5) is 0 Å². The van der Waals surface area contributed by atoms with Gasteiger partial charge in [0.1, 0.15) is 11.5 Å². The molecule has 1 N–H and O–H groups in total. The molecule has 9 heteroatoms. The summed E-state index contributed by atoms with van der Waals surface area (Å²) >= 11 is 12.5. The number of nitrogens with zero attached hydrogens (tertiary/aromatic N) is 4.